The molecule has 2 atom stereocenters. The van der Waals surface area contributed by atoms with Gasteiger partial charge in [0.2, 0.25) is 0 Å². The number of hydrogen-bond acceptors (Lipinski definition) is 4. The highest BCUT2D eigenvalue weighted by Crippen LogP contribution is 2.31. The van der Waals surface area contributed by atoms with E-state index in [9.17, 15) is 0 Å². The van der Waals surface area contributed by atoms with Crippen LogP contribution in [0.15, 0.2) is 12.4 Å². The van der Waals surface area contributed by atoms with Gasteiger partial charge in [0.15, 0.2) is 0 Å². The summed E-state index contributed by atoms with van der Waals surface area (Å²) in [5.74, 6) is 2.77. The molecule has 1 aromatic heterocycles. The summed E-state index contributed by atoms with van der Waals surface area (Å²) in [6.45, 7) is 4.61. The molecule has 1 aliphatic rings. The minimum atomic E-state index is 0.472. The molecule has 17 heavy (non-hydrogen) atoms. The average Bonchev–Trinajstić information content (AvgIpc) is 2.32. The molecule has 1 aliphatic carbocycles. The summed E-state index contributed by atoms with van der Waals surface area (Å²) in [5, 5.41) is 3.51. The van der Waals surface area contributed by atoms with Crippen molar-refractivity contribution in [3.63, 3.8) is 0 Å². The van der Waals surface area contributed by atoms with Crippen molar-refractivity contribution in [3.8, 4) is 0 Å². The van der Waals surface area contributed by atoms with Gasteiger partial charge in [-0.15, -0.1) is 0 Å². The maximum absolute atomic E-state index is 5.53. The van der Waals surface area contributed by atoms with Gasteiger partial charge in [-0.25, -0.2) is 9.97 Å². The van der Waals surface area contributed by atoms with Crippen LogP contribution in [-0.2, 0) is 0 Å². The second-order valence-corrected chi connectivity index (χ2v) is 5.27. The zero-order valence-electron chi connectivity index (χ0n) is 10.7. The summed E-state index contributed by atoms with van der Waals surface area (Å²) in [4.78, 5) is 8.33. The van der Waals surface area contributed by atoms with E-state index in [0.717, 1.165) is 17.7 Å². The SMILES string of the molecule is CC(C)C1CCCCC1Nc1cnc(N)cn1. The second kappa shape index (κ2) is 5.34. The maximum atomic E-state index is 5.53. The number of nitrogens with two attached hydrogens (primary N) is 1. The summed E-state index contributed by atoms with van der Waals surface area (Å²) < 4.78 is 0. The van der Waals surface area contributed by atoms with Gasteiger partial charge in [0.05, 0.1) is 12.4 Å². The largest absolute Gasteiger partial charge is 0.382 e. The number of rotatable bonds is 3. The number of aromatic nitrogens is 2. The van der Waals surface area contributed by atoms with E-state index in [0.29, 0.717) is 11.9 Å². The van der Waals surface area contributed by atoms with E-state index in [-0.39, 0.29) is 0 Å². The molecule has 1 heterocycles. The normalized spacial score (nSPS) is 24.9. The molecular weight excluding hydrogens is 212 g/mol. The van der Waals surface area contributed by atoms with Crippen LogP contribution in [0.25, 0.3) is 0 Å². The van der Waals surface area contributed by atoms with Crippen LogP contribution in [0.1, 0.15) is 39.5 Å². The molecule has 3 N–H and O–H groups in total. The Balaban J connectivity index is 2.02. The van der Waals surface area contributed by atoms with Crippen molar-refractivity contribution in [3.05, 3.63) is 12.4 Å². The Labute approximate surface area is 103 Å². The fourth-order valence-electron chi connectivity index (χ4n) is 2.74. The number of nitrogen functional groups attached to an aromatic ring is 1. The fourth-order valence-corrected chi connectivity index (χ4v) is 2.74. The second-order valence-electron chi connectivity index (χ2n) is 5.27. The van der Waals surface area contributed by atoms with E-state index in [4.69, 9.17) is 5.73 Å². The topological polar surface area (TPSA) is 63.8 Å². The van der Waals surface area contributed by atoms with Gasteiger partial charge in [-0.05, 0) is 24.7 Å². The summed E-state index contributed by atoms with van der Waals surface area (Å²) in [7, 11) is 0. The van der Waals surface area contributed by atoms with Gasteiger partial charge in [-0.1, -0.05) is 26.7 Å². The first-order valence-corrected chi connectivity index (χ1v) is 6.51. The van der Waals surface area contributed by atoms with Gasteiger partial charge in [0.1, 0.15) is 11.6 Å². The Hall–Kier alpha value is -1.32. The highest BCUT2D eigenvalue weighted by atomic mass is 15.0. The van der Waals surface area contributed by atoms with Gasteiger partial charge in [0.25, 0.3) is 0 Å². The van der Waals surface area contributed by atoms with Gasteiger partial charge >= 0.3 is 0 Å². The van der Waals surface area contributed by atoms with E-state index in [2.05, 4.69) is 29.1 Å². The molecule has 2 unspecified atom stereocenters. The third-order valence-corrected chi connectivity index (χ3v) is 3.68. The smallest absolute Gasteiger partial charge is 0.144 e. The minimum Gasteiger partial charge on any atom is -0.382 e. The van der Waals surface area contributed by atoms with Crippen LogP contribution < -0.4 is 11.1 Å². The molecule has 0 bridgehead atoms. The van der Waals surface area contributed by atoms with Crippen molar-refractivity contribution in [2.24, 2.45) is 11.8 Å². The lowest BCUT2D eigenvalue weighted by Gasteiger charge is -2.35. The standard InChI is InChI=1S/C13H22N4/c1-9(2)10-5-3-4-6-11(10)17-13-8-15-12(14)7-16-13/h7-11H,3-6H2,1-2H3,(H2,14,15)(H,16,17). The zero-order chi connectivity index (χ0) is 12.3. The highest BCUT2D eigenvalue weighted by Gasteiger charge is 2.27. The molecule has 0 radical (unpaired) electrons. The molecule has 1 aromatic rings. The monoisotopic (exact) mass is 234 g/mol. The molecule has 1 fully saturated rings. The minimum absolute atomic E-state index is 0.472. The number of anilines is 2. The van der Waals surface area contributed by atoms with Gasteiger partial charge in [0, 0.05) is 6.04 Å². The van der Waals surface area contributed by atoms with Crippen molar-refractivity contribution in [1.82, 2.24) is 9.97 Å². The first-order chi connectivity index (χ1) is 8.16. The molecule has 0 amide bonds. The Kier molecular flexibility index (Phi) is 3.82. The number of hydrogen-bond donors (Lipinski definition) is 2. The number of nitrogens with zero attached hydrogens (tertiary/aromatic N) is 2. The molecule has 4 nitrogen and oxygen atoms in total. The molecule has 0 saturated heterocycles. The molecule has 0 spiro atoms. The Morgan fingerprint density at radius 1 is 1.24 bits per heavy atom. The van der Waals surface area contributed by atoms with E-state index in [1.54, 1.807) is 12.4 Å². The van der Waals surface area contributed by atoms with E-state index >= 15 is 0 Å². The van der Waals surface area contributed by atoms with Crippen LogP contribution in [-0.4, -0.2) is 16.0 Å². The van der Waals surface area contributed by atoms with Crippen LogP contribution in [0, 0.1) is 11.8 Å². The van der Waals surface area contributed by atoms with Crippen molar-refractivity contribution in [2.45, 2.75) is 45.6 Å². The van der Waals surface area contributed by atoms with Crippen LogP contribution in [0.3, 0.4) is 0 Å². The van der Waals surface area contributed by atoms with E-state index in [1.807, 2.05) is 0 Å². The lowest BCUT2D eigenvalue weighted by Crippen LogP contribution is -2.35. The molecule has 1 saturated carbocycles. The van der Waals surface area contributed by atoms with E-state index < -0.39 is 0 Å². The lowest BCUT2D eigenvalue weighted by molar-refractivity contribution is 0.253. The van der Waals surface area contributed by atoms with Crippen molar-refractivity contribution < 1.29 is 0 Å². The Bertz CT molecular complexity index is 347. The molecule has 0 aromatic carbocycles. The predicted octanol–water partition coefficient (Wildman–Crippen LogP) is 2.69. The first-order valence-electron chi connectivity index (χ1n) is 6.51. The maximum Gasteiger partial charge on any atom is 0.144 e. The third kappa shape index (κ3) is 3.08. The van der Waals surface area contributed by atoms with Gasteiger partial charge in [-0.3, -0.25) is 0 Å². The molecule has 2 rings (SSSR count). The summed E-state index contributed by atoms with van der Waals surface area (Å²) >= 11 is 0. The van der Waals surface area contributed by atoms with Crippen LogP contribution >= 0.6 is 0 Å². The summed E-state index contributed by atoms with van der Waals surface area (Å²) in [6.07, 6.45) is 8.54. The Morgan fingerprint density at radius 3 is 2.65 bits per heavy atom. The Morgan fingerprint density at radius 2 is 2.00 bits per heavy atom. The third-order valence-electron chi connectivity index (χ3n) is 3.68. The van der Waals surface area contributed by atoms with Gasteiger partial charge in [-0.2, -0.15) is 0 Å². The van der Waals surface area contributed by atoms with Crippen LogP contribution in [0.2, 0.25) is 0 Å². The van der Waals surface area contributed by atoms with Crippen LogP contribution in [0.4, 0.5) is 11.6 Å². The number of nitrogens with one attached hydrogen (secondary N) is 1. The van der Waals surface area contributed by atoms with Crippen LogP contribution in [0.5, 0.6) is 0 Å². The summed E-state index contributed by atoms with van der Waals surface area (Å²) in [5.41, 5.74) is 5.53. The van der Waals surface area contributed by atoms with Gasteiger partial charge < -0.3 is 11.1 Å². The van der Waals surface area contributed by atoms with Crippen molar-refractivity contribution in [2.75, 3.05) is 11.1 Å². The fraction of sp³-hybridized carbons (Fsp3) is 0.692. The van der Waals surface area contributed by atoms with Crippen molar-refractivity contribution >= 4 is 11.6 Å². The molecule has 4 heteroatoms. The molecule has 0 aliphatic heterocycles. The summed E-state index contributed by atoms with van der Waals surface area (Å²) in [6, 6.07) is 0.529. The van der Waals surface area contributed by atoms with Crippen molar-refractivity contribution in [1.29, 1.82) is 0 Å². The highest BCUT2D eigenvalue weighted by molar-refractivity contribution is 5.37. The lowest BCUT2D eigenvalue weighted by atomic mass is 9.78. The zero-order valence-corrected chi connectivity index (χ0v) is 10.7. The average molecular weight is 234 g/mol. The molecular formula is C13H22N4. The first kappa shape index (κ1) is 12.1. The predicted molar refractivity (Wildman–Crippen MR) is 70.7 cm³/mol. The van der Waals surface area contributed by atoms with E-state index in [1.165, 1.54) is 25.7 Å². The molecule has 94 valence electrons. The quantitative estimate of drug-likeness (QED) is 0.844.